The second-order valence-electron chi connectivity index (χ2n) is 5.94. The Hall–Kier alpha value is -2.77. The average molecular weight is 387 g/mol. The van der Waals surface area contributed by atoms with Crippen molar-refractivity contribution in [1.29, 1.82) is 0 Å². The minimum absolute atomic E-state index is 0.146. The fraction of sp³-hybridized carbons (Fsp3) is 0.263. The van der Waals surface area contributed by atoms with Gasteiger partial charge in [0.1, 0.15) is 6.54 Å². The van der Waals surface area contributed by atoms with E-state index in [2.05, 4.69) is 20.6 Å². The number of nitrogens with one attached hydrogen (secondary N) is 1. The number of hydrogen-bond donors (Lipinski definition) is 1. The normalized spacial score (nSPS) is 14.7. The average Bonchev–Trinajstić information content (AvgIpc) is 2.72. The van der Waals surface area contributed by atoms with Crippen molar-refractivity contribution in [3.05, 3.63) is 69.6 Å². The van der Waals surface area contributed by atoms with Crippen LogP contribution in [-0.4, -0.2) is 44.5 Å². The van der Waals surface area contributed by atoms with Gasteiger partial charge in [0.25, 0.3) is 5.91 Å². The molecule has 0 aliphatic carbocycles. The molecule has 0 bridgehead atoms. The van der Waals surface area contributed by atoms with E-state index < -0.39 is 5.91 Å². The lowest BCUT2D eigenvalue weighted by Crippen LogP contribution is -2.36. The van der Waals surface area contributed by atoms with Gasteiger partial charge in [-0.3, -0.25) is 4.79 Å². The molecule has 1 amide bonds. The zero-order chi connectivity index (χ0) is 19.1. The molecule has 140 valence electrons. The van der Waals surface area contributed by atoms with Gasteiger partial charge in [-0.1, -0.05) is 35.0 Å². The standard InChI is InChI=1S/C19H19ClN4O3/c20-16-3-1-2-15(12-16)19(25)23-22-18(13-21-26)14-4-6-17(7-5-14)24-8-10-27-11-9-24/h1-7,12H,8-11,13H2,(H,23,25). The van der Waals surface area contributed by atoms with Gasteiger partial charge in [0.2, 0.25) is 0 Å². The number of hydrogen-bond acceptors (Lipinski definition) is 6. The number of rotatable bonds is 6. The molecular weight excluding hydrogens is 368 g/mol. The highest BCUT2D eigenvalue weighted by molar-refractivity contribution is 6.30. The molecule has 1 fully saturated rings. The molecule has 0 spiro atoms. The molecule has 7 nitrogen and oxygen atoms in total. The van der Waals surface area contributed by atoms with Gasteiger partial charge in [-0.25, -0.2) is 5.43 Å². The minimum Gasteiger partial charge on any atom is -0.378 e. The van der Waals surface area contributed by atoms with Gasteiger partial charge in [0, 0.05) is 29.4 Å². The SMILES string of the molecule is O=NCC(=NNC(=O)c1cccc(Cl)c1)c1ccc(N2CCOCC2)cc1. The van der Waals surface area contributed by atoms with Crippen molar-refractivity contribution in [2.75, 3.05) is 37.7 Å². The molecule has 0 atom stereocenters. The molecule has 2 aromatic rings. The van der Waals surface area contributed by atoms with Crippen molar-refractivity contribution < 1.29 is 9.53 Å². The monoisotopic (exact) mass is 386 g/mol. The summed E-state index contributed by atoms with van der Waals surface area (Å²) in [6.45, 7) is 2.95. The Morgan fingerprint density at radius 3 is 2.52 bits per heavy atom. The third-order valence-corrected chi connectivity index (χ3v) is 4.41. The molecule has 0 unspecified atom stereocenters. The maximum atomic E-state index is 12.2. The summed E-state index contributed by atoms with van der Waals surface area (Å²) in [4.78, 5) is 25.2. The van der Waals surface area contributed by atoms with Crippen LogP contribution in [-0.2, 0) is 4.74 Å². The Kier molecular flexibility index (Phi) is 6.51. The van der Waals surface area contributed by atoms with Crippen LogP contribution in [0.4, 0.5) is 5.69 Å². The van der Waals surface area contributed by atoms with Gasteiger partial charge in [-0.05, 0) is 35.9 Å². The smallest absolute Gasteiger partial charge is 0.271 e. The van der Waals surface area contributed by atoms with E-state index in [1.54, 1.807) is 24.3 Å². The summed E-state index contributed by atoms with van der Waals surface area (Å²) >= 11 is 5.89. The van der Waals surface area contributed by atoms with Crippen LogP contribution >= 0.6 is 11.6 Å². The lowest BCUT2D eigenvalue weighted by atomic mass is 10.1. The van der Waals surface area contributed by atoms with Crippen LogP contribution in [0.15, 0.2) is 58.8 Å². The second-order valence-corrected chi connectivity index (χ2v) is 6.38. The summed E-state index contributed by atoms with van der Waals surface area (Å²) in [6.07, 6.45) is 0. The van der Waals surface area contributed by atoms with Crippen LogP contribution in [0.25, 0.3) is 0 Å². The molecule has 1 aliphatic rings. The summed E-state index contributed by atoms with van der Waals surface area (Å²) in [5.41, 5.74) is 5.01. The number of morpholine rings is 1. The molecule has 8 heteroatoms. The van der Waals surface area contributed by atoms with Crippen molar-refractivity contribution in [3.8, 4) is 0 Å². The van der Waals surface area contributed by atoms with Crippen LogP contribution in [0.5, 0.6) is 0 Å². The Morgan fingerprint density at radius 1 is 1.11 bits per heavy atom. The largest absolute Gasteiger partial charge is 0.378 e. The van der Waals surface area contributed by atoms with Crippen LogP contribution in [0.2, 0.25) is 5.02 Å². The van der Waals surface area contributed by atoms with Crippen LogP contribution < -0.4 is 10.3 Å². The van der Waals surface area contributed by atoms with E-state index in [-0.39, 0.29) is 6.54 Å². The minimum atomic E-state index is -0.411. The predicted octanol–water partition coefficient (Wildman–Crippen LogP) is 3.08. The molecular formula is C19H19ClN4O3. The lowest BCUT2D eigenvalue weighted by Gasteiger charge is -2.28. The highest BCUT2D eigenvalue weighted by Gasteiger charge is 2.12. The molecule has 2 aromatic carbocycles. The number of halogens is 1. The van der Waals surface area contributed by atoms with Gasteiger partial charge in [-0.2, -0.15) is 10.0 Å². The maximum Gasteiger partial charge on any atom is 0.271 e. The predicted molar refractivity (Wildman–Crippen MR) is 106 cm³/mol. The maximum absolute atomic E-state index is 12.2. The van der Waals surface area contributed by atoms with Gasteiger partial charge in [0.05, 0.1) is 18.9 Å². The van der Waals surface area contributed by atoms with Crippen molar-refractivity contribution in [2.45, 2.75) is 0 Å². The number of amides is 1. The Balaban J connectivity index is 1.73. The first-order valence-electron chi connectivity index (χ1n) is 8.52. The topological polar surface area (TPSA) is 83.4 Å². The third-order valence-electron chi connectivity index (χ3n) is 4.17. The first-order valence-corrected chi connectivity index (χ1v) is 8.90. The summed E-state index contributed by atoms with van der Waals surface area (Å²) in [5, 5.41) is 7.45. The highest BCUT2D eigenvalue weighted by Crippen LogP contribution is 2.17. The summed E-state index contributed by atoms with van der Waals surface area (Å²) < 4.78 is 5.36. The lowest BCUT2D eigenvalue weighted by molar-refractivity contribution is 0.0955. The van der Waals surface area contributed by atoms with Crippen molar-refractivity contribution >= 4 is 28.9 Å². The van der Waals surface area contributed by atoms with Gasteiger partial charge in [0.15, 0.2) is 0 Å². The fourth-order valence-electron chi connectivity index (χ4n) is 2.75. The Labute approximate surface area is 161 Å². The zero-order valence-corrected chi connectivity index (χ0v) is 15.4. The molecule has 3 rings (SSSR count). The van der Waals surface area contributed by atoms with E-state index in [1.807, 2.05) is 24.3 Å². The van der Waals surface area contributed by atoms with E-state index in [0.29, 0.717) is 29.5 Å². The molecule has 1 saturated heterocycles. The van der Waals surface area contributed by atoms with Crippen LogP contribution in [0.1, 0.15) is 15.9 Å². The molecule has 0 saturated carbocycles. The number of carbonyl (C=O) groups is 1. The van der Waals surface area contributed by atoms with Crippen LogP contribution in [0.3, 0.4) is 0 Å². The van der Waals surface area contributed by atoms with E-state index >= 15 is 0 Å². The van der Waals surface area contributed by atoms with Gasteiger partial charge in [-0.15, -0.1) is 0 Å². The highest BCUT2D eigenvalue weighted by atomic mass is 35.5. The number of hydrazone groups is 1. The molecule has 27 heavy (non-hydrogen) atoms. The first-order chi connectivity index (χ1) is 13.2. The fourth-order valence-corrected chi connectivity index (χ4v) is 2.94. The molecule has 0 radical (unpaired) electrons. The number of ether oxygens (including phenoxy) is 1. The molecule has 0 aromatic heterocycles. The number of nitroso groups, excluding NO2 is 1. The molecule has 1 N–H and O–H groups in total. The number of nitrogens with zero attached hydrogens (tertiary/aromatic N) is 3. The molecule has 1 heterocycles. The Bertz CT molecular complexity index is 833. The van der Waals surface area contributed by atoms with E-state index in [1.165, 1.54) is 0 Å². The second kappa shape index (κ2) is 9.25. The molecule has 1 aliphatic heterocycles. The summed E-state index contributed by atoms with van der Waals surface area (Å²) in [7, 11) is 0. The summed E-state index contributed by atoms with van der Waals surface area (Å²) in [6, 6.07) is 14.2. The number of carbonyl (C=O) groups excluding carboxylic acids is 1. The quantitative estimate of drug-likeness (QED) is 0.470. The van der Waals surface area contributed by atoms with Crippen molar-refractivity contribution in [3.63, 3.8) is 0 Å². The van der Waals surface area contributed by atoms with Crippen molar-refractivity contribution in [2.24, 2.45) is 10.3 Å². The third kappa shape index (κ3) is 5.12. The van der Waals surface area contributed by atoms with Gasteiger partial charge < -0.3 is 9.64 Å². The van der Waals surface area contributed by atoms with E-state index in [4.69, 9.17) is 16.3 Å². The van der Waals surface area contributed by atoms with E-state index in [9.17, 15) is 9.70 Å². The zero-order valence-electron chi connectivity index (χ0n) is 14.6. The van der Waals surface area contributed by atoms with Crippen molar-refractivity contribution in [1.82, 2.24) is 5.43 Å². The summed E-state index contributed by atoms with van der Waals surface area (Å²) in [5.74, 6) is -0.411. The number of benzene rings is 2. The Morgan fingerprint density at radius 2 is 1.85 bits per heavy atom. The van der Waals surface area contributed by atoms with Gasteiger partial charge >= 0.3 is 0 Å². The van der Waals surface area contributed by atoms with E-state index in [0.717, 1.165) is 24.3 Å². The first kappa shape index (κ1) is 19.0. The van der Waals surface area contributed by atoms with Crippen LogP contribution in [0, 0.1) is 4.91 Å². The number of anilines is 1.